The number of amides is 2. The Bertz CT molecular complexity index is 475. The molecule has 0 saturated carbocycles. The molecular formula is C13H17ClN2O3. The fourth-order valence-corrected chi connectivity index (χ4v) is 1.87. The van der Waals surface area contributed by atoms with Gasteiger partial charge in [-0.1, -0.05) is 29.8 Å². The van der Waals surface area contributed by atoms with Gasteiger partial charge in [0.25, 0.3) is 0 Å². The van der Waals surface area contributed by atoms with Crippen LogP contribution in [0.15, 0.2) is 24.3 Å². The second-order valence-corrected chi connectivity index (χ2v) is 4.85. The third-order valence-electron chi connectivity index (χ3n) is 2.58. The van der Waals surface area contributed by atoms with Crippen LogP contribution in [0.2, 0.25) is 5.02 Å². The van der Waals surface area contributed by atoms with Crippen LogP contribution in [-0.4, -0.2) is 30.0 Å². The molecule has 19 heavy (non-hydrogen) atoms. The Morgan fingerprint density at radius 2 is 1.95 bits per heavy atom. The Hall–Kier alpha value is -1.59. The number of carbonyl (C=O) groups excluding carboxylic acids is 2. The molecule has 0 saturated heterocycles. The topological polar surface area (TPSA) is 78.4 Å². The third kappa shape index (κ3) is 4.89. The van der Waals surface area contributed by atoms with E-state index in [0.29, 0.717) is 10.6 Å². The van der Waals surface area contributed by atoms with Gasteiger partial charge in [0.15, 0.2) is 0 Å². The minimum atomic E-state index is -1.27. The summed E-state index contributed by atoms with van der Waals surface area (Å²) in [5.41, 5.74) is -0.735. The molecule has 0 spiro atoms. The van der Waals surface area contributed by atoms with Gasteiger partial charge in [-0.25, -0.2) is 0 Å². The molecule has 0 radical (unpaired) electrons. The van der Waals surface area contributed by atoms with E-state index in [1.807, 2.05) is 0 Å². The Morgan fingerprint density at radius 1 is 1.32 bits per heavy atom. The van der Waals surface area contributed by atoms with E-state index in [1.165, 1.54) is 6.92 Å². The predicted octanol–water partition coefficient (Wildman–Crippen LogP) is 0.800. The van der Waals surface area contributed by atoms with Crippen LogP contribution in [0.4, 0.5) is 0 Å². The van der Waals surface area contributed by atoms with Gasteiger partial charge in [-0.15, -0.1) is 0 Å². The maximum absolute atomic E-state index is 11.4. The maximum atomic E-state index is 11.4. The highest BCUT2D eigenvalue weighted by atomic mass is 35.5. The summed E-state index contributed by atoms with van der Waals surface area (Å²) < 4.78 is 0. The zero-order valence-electron chi connectivity index (χ0n) is 10.9. The van der Waals surface area contributed by atoms with Crippen LogP contribution in [0.25, 0.3) is 0 Å². The van der Waals surface area contributed by atoms with Crippen LogP contribution in [-0.2, 0) is 15.2 Å². The molecule has 3 N–H and O–H groups in total. The average Bonchev–Trinajstić information content (AvgIpc) is 2.34. The standard InChI is InChI=1S/C13H17ClN2O3/c1-9(17)15-7-12(18)16-8-13(2,19)10-5-3-4-6-11(10)14/h3-6,19H,7-8H2,1-2H3,(H,15,17)(H,16,18)/t13-/m1/s1. The second-order valence-electron chi connectivity index (χ2n) is 4.44. The molecule has 1 rings (SSSR count). The van der Waals surface area contributed by atoms with Crippen molar-refractivity contribution in [2.45, 2.75) is 19.4 Å². The van der Waals surface area contributed by atoms with Crippen molar-refractivity contribution in [2.75, 3.05) is 13.1 Å². The summed E-state index contributed by atoms with van der Waals surface area (Å²) in [4.78, 5) is 22.1. The molecule has 0 aromatic heterocycles. The van der Waals surface area contributed by atoms with Gasteiger partial charge in [-0.3, -0.25) is 9.59 Å². The van der Waals surface area contributed by atoms with E-state index in [4.69, 9.17) is 11.6 Å². The Kier molecular flexibility index (Phi) is 5.32. The average molecular weight is 285 g/mol. The summed E-state index contributed by atoms with van der Waals surface area (Å²) in [6.07, 6.45) is 0. The highest BCUT2D eigenvalue weighted by Crippen LogP contribution is 2.26. The lowest BCUT2D eigenvalue weighted by Gasteiger charge is -2.25. The molecule has 104 valence electrons. The van der Waals surface area contributed by atoms with Gasteiger partial charge in [0.2, 0.25) is 11.8 Å². The van der Waals surface area contributed by atoms with Crippen molar-refractivity contribution >= 4 is 23.4 Å². The minimum absolute atomic E-state index is 0.00908. The van der Waals surface area contributed by atoms with E-state index in [-0.39, 0.29) is 24.9 Å². The van der Waals surface area contributed by atoms with Crippen molar-refractivity contribution in [2.24, 2.45) is 0 Å². The molecule has 0 heterocycles. The monoisotopic (exact) mass is 284 g/mol. The molecule has 0 aliphatic rings. The molecule has 1 aromatic carbocycles. The van der Waals surface area contributed by atoms with E-state index in [0.717, 1.165) is 0 Å². The lowest BCUT2D eigenvalue weighted by molar-refractivity contribution is -0.125. The summed E-state index contributed by atoms with van der Waals surface area (Å²) in [5, 5.41) is 15.7. The second kappa shape index (κ2) is 6.54. The molecule has 0 fully saturated rings. The molecule has 0 bridgehead atoms. The van der Waals surface area contributed by atoms with Gasteiger partial charge in [0, 0.05) is 17.5 Å². The van der Waals surface area contributed by atoms with Crippen LogP contribution in [0.5, 0.6) is 0 Å². The number of halogens is 1. The number of benzene rings is 1. The van der Waals surface area contributed by atoms with Crippen LogP contribution >= 0.6 is 11.6 Å². The molecule has 6 heteroatoms. The lowest BCUT2D eigenvalue weighted by Crippen LogP contribution is -2.43. The molecule has 2 amide bonds. The highest BCUT2D eigenvalue weighted by Gasteiger charge is 2.25. The quantitative estimate of drug-likeness (QED) is 0.748. The zero-order chi connectivity index (χ0) is 14.5. The van der Waals surface area contributed by atoms with E-state index in [1.54, 1.807) is 31.2 Å². The number of hydrogen-bond acceptors (Lipinski definition) is 3. The van der Waals surface area contributed by atoms with Crippen LogP contribution < -0.4 is 10.6 Å². The first kappa shape index (κ1) is 15.5. The van der Waals surface area contributed by atoms with Gasteiger partial charge >= 0.3 is 0 Å². The predicted molar refractivity (Wildman–Crippen MR) is 72.7 cm³/mol. The number of nitrogens with one attached hydrogen (secondary N) is 2. The first-order chi connectivity index (χ1) is 8.83. The number of hydrogen-bond donors (Lipinski definition) is 3. The van der Waals surface area contributed by atoms with Gasteiger partial charge in [-0.05, 0) is 13.0 Å². The van der Waals surface area contributed by atoms with Gasteiger partial charge in [-0.2, -0.15) is 0 Å². The third-order valence-corrected chi connectivity index (χ3v) is 2.91. The highest BCUT2D eigenvalue weighted by molar-refractivity contribution is 6.31. The van der Waals surface area contributed by atoms with E-state index in [2.05, 4.69) is 10.6 Å². The van der Waals surface area contributed by atoms with Gasteiger partial charge in [0.05, 0.1) is 13.1 Å². The first-order valence-electron chi connectivity index (χ1n) is 5.81. The Balaban J connectivity index is 2.58. The van der Waals surface area contributed by atoms with Gasteiger partial charge < -0.3 is 15.7 Å². The largest absolute Gasteiger partial charge is 0.384 e. The van der Waals surface area contributed by atoms with Gasteiger partial charge in [0.1, 0.15) is 5.60 Å². The van der Waals surface area contributed by atoms with E-state index in [9.17, 15) is 14.7 Å². The summed E-state index contributed by atoms with van der Waals surface area (Å²) in [7, 11) is 0. The Labute approximate surface area is 117 Å². The molecule has 0 unspecified atom stereocenters. The van der Waals surface area contributed by atoms with Crippen LogP contribution in [0, 0.1) is 0 Å². The minimum Gasteiger partial charge on any atom is -0.384 e. The normalized spacial score (nSPS) is 13.5. The molecule has 0 aliphatic heterocycles. The molecule has 1 atom stereocenters. The fraction of sp³-hybridized carbons (Fsp3) is 0.385. The lowest BCUT2D eigenvalue weighted by atomic mass is 9.96. The van der Waals surface area contributed by atoms with Crippen LogP contribution in [0.3, 0.4) is 0 Å². The summed E-state index contributed by atoms with van der Waals surface area (Å²) in [6.45, 7) is 2.78. The summed E-state index contributed by atoms with van der Waals surface area (Å²) in [5.74, 6) is -0.657. The van der Waals surface area contributed by atoms with Crippen molar-refractivity contribution in [3.63, 3.8) is 0 Å². The van der Waals surface area contributed by atoms with E-state index >= 15 is 0 Å². The van der Waals surface area contributed by atoms with Crippen molar-refractivity contribution in [1.29, 1.82) is 0 Å². The van der Waals surface area contributed by atoms with E-state index < -0.39 is 5.60 Å². The molecule has 1 aromatic rings. The smallest absolute Gasteiger partial charge is 0.239 e. The molecule has 0 aliphatic carbocycles. The maximum Gasteiger partial charge on any atom is 0.239 e. The molecular weight excluding hydrogens is 268 g/mol. The Morgan fingerprint density at radius 3 is 2.53 bits per heavy atom. The summed E-state index contributed by atoms with van der Waals surface area (Å²) >= 11 is 6.00. The van der Waals surface area contributed by atoms with Crippen LogP contribution in [0.1, 0.15) is 19.4 Å². The number of carbonyl (C=O) groups is 2. The first-order valence-corrected chi connectivity index (χ1v) is 6.19. The fourth-order valence-electron chi connectivity index (χ4n) is 1.53. The number of rotatable bonds is 5. The SMILES string of the molecule is CC(=O)NCC(=O)NC[C@@](C)(O)c1ccccc1Cl. The molecule has 5 nitrogen and oxygen atoms in total. The summed E-state index contributed by atoms with van der Waals surface area (Å²) in [6, 6.07) is 6.89. The van der Waals surface area contributed by atoms with Crippen molar-refractivity contribution in [3.05, 3.63) is 34.9 Å². The zero-order valence-corrected chi connectivity index (χ0v) is 11.6. The number of aliphatic hydroxyl groups is 1. The van der Waals surface area contributed by atoms with Crippen molar-refractivity contribution in [1.82, 2.24) is 10.6 Å². The van der Waals surface area contributed by atoms with Crippen molar-refractivity contribution < 1.29 is 14.7 Å². The van der Waals surface area contributed by atoms with Crippen molar-refractivity contribution in [3.8, 4) is 0 Å².